The lowest BCUT2D eigenvalue weighted by Crippen LogP contribution is -2.41. The summed E-state index contributed by atoms with van der Waals surface area (Å²) in [6.45, 7) is 3.19. The minimum Gasteiger partial charge on any atom is -0.352 e. The van der Waals surface area contributed by atoms with Crippen molar-refractivity contribution in [3.63, 3.8) is 0 Å². The van der Waals surface area contributed by atoms with Crippen LogP contribution in [0.15, 0.2) is 11.2 Å². The number of aryl methyl sites for hydroxylation is 1. The van der Waals surface area contributed by atoms with E-state index in [9.17, 15) is 13.2 Å². The van der Waals surface area contributed by atoms with Crippen LogP contribution < -0.4 is 5.32 Å². The maximum absolute atomic E-state index is 13.0. The third-order valence-electron chi connectivity index (χ3n) is 4.85. The van der Waals surface area contributed by atoms with Gasteiger partial charge in [-0.3, -0.25) is 9.67 Å². The zero-order valence-corrected chi connectivity index (χ0v) is 18.1. The molecule has 1 aliphatic rings. The van der Waals surface area contributed by atoms with Crippen molar-refractivity contribution in [2.75, 3.05) is 20.6 Å². The summed E-state index contributed by atoms with van der Waals surface area (Å²) < 4.78 is 40.3. The van der Waals surface area contributed by atoms with Gasteiger partial charge < -0.3 is 10.2 Å². The molecule has 1 N–H and O–H groups in total. The van der Waals surface area contributed by atoms with Crippen molar-refractivity contribution in [2.24, 2.45) is 23.9 Å². The third kappa shape index (κ3) is 6.31. The molecule has 0 spiro atoms. The molecule has 26 heavy (non-hydrogen) atoms. The fourth-order valence-corrected chi connectivity index (χ4v) is 3.45. The minimum atomic E-state index is -4.45. The SMILES string of the molecule is CN=C(NCc1cn(C)nc1C(F)(F)F)N(C)CC1CCC(C)CC1.I. The van der Waals surface area contributed by atoms with Gasteiger partial charge in [-0.2, -0.15) is 18.3 Å². The predicted molar refractivity (Wildman–Crippen MR) is 108 cm³/mol. The molecule has 0 radical (unpaired) electrons. The van der Waals surface area contributed by atoms with E-state index in [1.165, 1.54) is 43.6 Å². The van der Waals surface area contributed by atoms with E-state index in [2.05, 4.69) is 22.3 Å². The summed E-state index contributed by atoms with van der Waals surface area (Å²) in [6, 6.07) is 0. The summed E-state index contributed by atoms with van der Waals surface area (Å²) in [5.41, 5.74) is -0.724. The topological polar surface area (TPSA) is 45.5 Å². The number of aromatic nitrogens is 2. The maximum atomic E-state index is 13.0. The molecule has 0 atom stereocenters. The van der Waals surface area contributed by atoms with Crippen molar-refractivity contribution in [3.8, 4) is 0 Å². The molecule has 2 rings (SSSR count). The largest absolute Gasteiger partial charge is 0.435 e. The van der Waals surface area contributed by atoms with Gasteiger partial charge in [-0.25, -0.2) is 0 Å². The van der Waals surface area contributed by atoms with Gasteiger partial charge >= 0.3 is 6.18 Å². The average Bonchev–Trinajstić information content (AvgIpc) is 2.91. The molecule has 0 bridgehead atoms. The molecule has 0 amide bonds. The normalized spacial score (nSPS) is 21.3. The highest BCUT2D eigenvalue weighted by atomic mass is 127. The van der Waals surface area contributed by atoms with E-state index < -0.39 is 11.9 Å². The first-order valence-electron chi connectivity index (χ1n) is 8.72. The van der Waals surface area contributed by atoms with Gasteiger partial charge in [-0.1, -0.05) is 19.8 Å². The summed E-state index contributed by atoms with van der Waals surface area (Å²) in [4.78, 5) is 6.21. The number of aliphatic imine (C=N–C) groups is 1. The molecule has 1 heterocycles. The van der Waals surface area contributed by atoms with E-state index >= 15 is 0 Å². The molecule has 0 aliphatic heterocycles. The molecule has 0 unspecified atom stereocenters. The maximum Gasteiger partial charge on any atom is 0.435 e. The van der Waals surface area contributed by atoms with E-state index in [0.29, 0.717) is 11.9 Å². The van der Waals surface area contributed by atoms with Crippen LogP contribution in [0.25, 0.3) is 0 Å². The van der Waals surface area contributed by atoms with Gasteiger partial charge in [0.1, 0.15) is 0 Å². The first-order valence-corrected chi connectivity index (χ1v) is 8.72. The van der Waals surface area contributed by atoms with Gasteiger partial charge in [0.05, 0.1) is 0 Å². The van der Waals surface area contributed by atoms with Gasteiger partial charge in [0.15, 0.2) is 11.7 Å². The van der Waals surface area contributed by atoms with Crippen LogP contribution in [-0.4, -0.2) is 41.3 Å². The zero-order chi connectivity index (χ0) is 18.6. The van der Waals surface area contributed by atoms with Crippen molar-refractivity contribution in [2.45, 2.75) is 45.3 Å². The predicted octanol–water partition coefficient (Wildman–Crippen LogP) is 3.89. The molecular weight excluding hydrogens is 458 g/mol. The summed E-state index contributed by atoms with van der Waals surface area (Å²) in [6.07, 6.45) is 1.83. The second-order valence-corrected chi connectivity index (χ2v) is 7.08. The van der Waals surface area contributed by atoms with Crippen LogP contribution in [0.1, 0.15) is 43.9 Å². The Morgan fingerprint density at radius 1 is 1.35 bits per heavy atom. The molecule has 1 fully saturated rings. The summed E-state index contributed by atoms with van der Waals surface area (Å²) in [5, 5.41) is 6.56. The molecule has 1 aliphatic carbocycles. The van der Waals surface area contributed by atoms with Crippen molar-refractivity contribution >= 4 is 29.9 Å². The Morgan fingerprint density at radius 3 is 2.50 bits per heavy atom. The van der Waals surface area contributed by atoms with Crippen LogP contribution in [0, 0.1) is 11.8 Å². The highest BCUT2D eigenvalue weighted by molar-refractivity contribution is 14.0. The number of nitrogens with one attached hydrogen (secondary N) is 1. The van der Waals surface area contributed by atoms with Crippen molar-refractivity contribution in [3.05, 3.63) is 17.5 Å². The first-order chi connectivity index (χ1) is 11.7. The minimum absolute atomic E-state index is 0. The van der Waals surface area contributed by atoms with Gasteiger partial charge in [0, 0.05) is 46.0 Å². The summed E-state index contributed by atoms with van der Waals surface area (Å²) in [7, 11) is 5.07. The smallest absolute Gasteiger partial charge is 0.352 e. The van der Waals surface area contributed by atoms with Gasteiger partial charge in [0.2, 0.25) is 0 Å². The second-order valence-electron chi connectivity index (χ2n) is 7.08. The number of alkyl halides is 3. The van der Waals surface area contributed by atoms with Gasteiger partial charge in [0.25, 0.3) is 0 Å². The molecule has 5 nitrogen and oxygen atoms in total. The Morgan fingerprint density at radius 2 is 1.96 bits per heavy atom. The van der Waals surface area contributed by atoms with Gasteiger partial charge in [-0.15, -0.1) is 24.0 Å². The molecule has 150 valence electrons. The zero-order valence-electron chi connectivity index (χ0n) is 15.8. The number of halogens is 4. The highest BCUT2D eigenvalue weighted by Gasteiger charge is 2.36. The number of hydrogen-bond acceptors (Lipinski definition) is 2. The molecule has 1 saturated carbocycles. The quantitative estimate of drug-likeness (QED) is 0.399. The first kappa shape index (κ1) is 23.0. The standard InChI is InChI=1S/C17H28F3N5.HI/c1-12-5-7-13(8-6-12)10-24(3)16(21-2)22-9-14-11-25(4)23-15(14)17(18,19)20;/h11-13H,5-10H2,1-4H3,(H,21,22);1H. The number of hydrogen-bond donors (Lipinski definition) is 1. The third-order valence-corrected chi connectivity index (χ3v) is 4.85. The van der Waals surface area contributed by atoms with E-state index in [0.717, 1.165) is 12.5 Å². The molecule has 1 aromatic heterocycles. The fourth-order valence-electron chi connectivity index (χ4n) is 3.45. The summed E-state index contributed by atoms with van der Waals surface area (Å²) >= 11 is 0. The Labute approximate surface area is 170 Å². The molecule has 9 heteroatoms. The molecule has 1 aromatic rings. The lowest BCUT2D eigenvalue weighted by Gasteiger charge is -2.31. The van der Waals surface area contributed by atoms with E-state index in [4.69, 9.17) is 0 Å². The Balaban J connectivity index is 0.00000338. The number of nitrogens with zero attached hydrogens (tertiary/aromatic N) is 4. The Bertz CT molecular complexity index is 592. The van der Waals surface area contributed by atoms with E-state index in [1.54, 1.807) is 7.05 Å². The van der Waals surface area contributed by atoms with Crippen LogP contribution in [0.5, 0.6) is 0 Å². The van der Waals surface area contributed by atoms with E-state index in [-0.39, 0.29) is 36.1 Å². The van der Waals surface area contributed by atoms with E-state index in [1.807, 2.05) is 11.9 Å². The number of rotatable bonds is 4. The van der Waals surface area contributed by atoms with Gasteiger partial charge in [-0.05, 0) is 24.7 Å². The van der Waals surface area contributed by atoms with Crippen LogP contribution >= 0.6 is 24.0 Å². The van der Waals surface area contributed by atoms with Crippen molar-refractivity contribution in [1.82, 2.24) is 20.0 Å². The second kappa shape index (κ2) is 9.80. The Kier molecular flexibility index (Phi) is 8.68. The summed E-state index contributed by atoms with van der Waals surface area (Å²) in [5.74, 6) is 2.02. The van der Waals surface area contributed by atoms with Crippen LogP contribution in [0.4, 0.5) is 13.2 Å². The van der Waals surface area contributed by atoms with Crippen LogP contribution in [0.3, 0.4) is 0 Å². The monoisotopic (exact) mass is 487 g/mol. The lowest BCUT2D eigenvalue weighted by molar-refractivity contribution is -0.142. The van der Waals surface area contributed by atoms with Crippen LogP contribution in [-0.2, 0) is 19.8 Å². The lowest BCUT2D eigenvalue weighted by atomic mass is 9.83. The molecule has 0 saturated heterocycles. The molecular formula is C17H29F3IN5. The fraction of sp³-hybridized carbons (Fsp3) is 0.765. The number of guanidine groups is 1. The highest BCUT2D eigenvalue weighted by Crippen LogP contribution is 2.31. The van der Waals surface area contributed by atoms with Crippen molar-refractivity contribution in [1.29, 1.82) is 0 Å². The average molecular weight is 487 g/mol. The molecule has 0 aromatic carbocycles. The Hall–Kier alpha value is -1.00. The van der Waals surface area contributed by atoms with Crippen LogP contribution in [0.2, 0.25) is 0 Å². The van der Waals surface area contributed by atoms with Crippen molar-refractivity contribution < 1.29 is 13.2 Å².